The standard InChI is InChI=1S/C12H13N3/c1-8-3-5-10(6-4-8)11-12(13)14-7-9(2)15-11/h3-7H,1-2H3,(H2,13,14). The molecule has 0 bridgehead atoms. The van der Waals surface area contributed by atoms with E-state index in [4.69, 9.17) is 5.73 Å². The van der Waals surface area contributed by atoms with Crippen LogP contribution in [0.2, 0.25) is 0 Å². The maximum Gasteiger partial charge on any atom is 0.150 e. The van der Waals surface area contributed by atoms with E-state index in [9.17, 15) is 0 Å². The Hall–Kier alpha value is -1.90. The van der Waals surface area contributed by atoms with Crippen LogP contribution < -0.4 is 5.73 Å². The molecule has 0 amide bonds. The van der Waals surface area contributed by atoms with E-state index in [1.807, 2.05) is 31.2 Å². The van der Waals surface area contributed by atoms with Gasteiger partial charge in [0.1, 0.15) is 11.5 Å². The maximum atomic E-state index is 5.79. The number of aryl methyl sites for hydroxylation is 2. The third-order valence-corrected chi connectivity index (χ3v) is 2.25. The Morgan fingerprint density at radius 2 is 1.73 bits per heavy atom. The van der Waals surface area contributed by atoms with Crippen molar-refractivity contribution < 1.29 is 0 Å². The second-order valence-corrected chi connectivity index (χ2v) is 3.61. The molecule has 1 aromatic carbocycles. The van der Waals surface area contributed by atoms with Gasteiger partial charge in [0.25, 0.3) is 0 Å². The van der Waals surface area contributed by atoms with Crippen LogP contribution in [0.25, 0.3) is 11.3 Å². The molecule has 2 N–H and O–H groups in total. The van der Waals surface area contributed by atoms with Crippen molar-refractivity contribution in [2.75, 3.05) is 5.73 Å². The lowest BCUT2D eigenvalue weighted by molar-refractivity contribution is 1.13. The molecule has 0 radical (unpaired) electrons. The van der Waals surface area contributed by atoms with Gasteiger partial charge in [-0.3, -0.25) is 0 Å². The lowest BCUT2D eigenvalue weighted by Crippen LogP contribution is -1.98. The number of aromatic nitrogens is 2. The average Bonchev–Trinajstić information content (AvgIpc) is 2.23. The van der Waals surface area contributed by atoms with Crippen molar-refractivity contribution in [3.05, 3.63) is 41.7 Å². The summed E-state index contributed by atoms with van der Waals surface area (Å²) < 4.78 is 0. The highest BCUT2D eigenvalue weighted by Crippen LogP contribution is 2.22. The van der Waals surface area contributed by atoms with Crippen LogP contribution in [-0.2, 0) is 0 Å². The molecule has 3 heteroatoms. The molecule has 2 aromatic rings. The van der Waals surface area contributed by atoms with Crippen molar-refractivity contribution in [2.45, 2.75) is 13.8 Å². The molecule has 0 unspecified atom stereocenters. The Kier molecular flexibility index (Phi) is 2.37. The summed E-state index contributed by atoms with van der Waals surface area (Å²) in [5.74, 6) is 0.476. The predicted octanol–water partition coefficient (Wildman–Crippen LogP) is 2.34. The summed E-state index contributed by atoms with van der Waals surface area (Å²) in [5, 5.41) is 0. The molecular formula is C12H13N3. The summed E-state index contributed by atoms with van der Waals surface area (Å²) in [7, 11) is 0. The first-order chi connectivity index (χ1) is 7.16. The molecule has 0 atom stereocenters. The van der Waals surface area contributed by atoms with E-state index in [1.165, 1.54) is 5.56 Å². The highest BCUT2D eigenvalue weighted by atomic mass is 14.9. The van der Waals surface area contributed by atoms with Crippen LogP contribution in [-0.4, -0.2) is 9.97 Å². The topological polar surface area (TPSA) is 51.8 Å². The fraction of sp³-hybridized carbons (Fsp3) is 0.167. The van der Waals surface area contributed by atoms with E-state index in [1.54, 1.807) is 6.20 Å². The van der Waals surface area contributed by atoms with Crippen LogP contribution in [0.5, 0.6) is 0 Å². The summed E-state index contributed by atoms with van der Waals surface area (Å²) in [4.78, 5) is 8.48. The van der Waals surface area contributed by atoms with Crippen LogP contribution in [0.1, 0.15) is 11.3 Å². The Morgan fingerprint density at radius 1 is 1.07 bits per heavy atom. The number of anilines is 1. The van der Waals surface area contributed by atoms with E-state index in [0.717, 1.165) is 17.0 Å². The highest BCUT2D eigenvalue weighted by Gasteiger charge is 2.05. The molecule has 0 saturated heterocycles. The molecule has 76 valence electrons. The number of rotatable bonds is 1. The number of nitrogens with two attached hydrogens (primary N) is 1. The van der Waals surface area contributed by atoms with Gasteiger partial charge in [-0.1, -0.05) is 29.8 Å². The van der Waals surface area contributed by atoms with Gasteiger partial charge in [-0.15, -0.1) is 0 Å². The van der Waals surface area contributed by atoms with Crippen LogP contribution >= 0.6 is 0 Å². The molecular weight excluding hydrogens is 186 g/mol. The third-order valence-electron chi connectivity index (χ3n) is 2.25. The van der Waals surface area contributed by atoms with Gasteiger partial charge < -0.3 is 5.73 Å². The quantitative estimate of drug-likeness (QED) is 0.767. The second kappa shape index (κ2) is 3.69. The summed E-state index contributed by atoms with van der Waals surface area (Å²) in [6.45, 7) is 3.96. The maximum absolute atomic E-state index is 5.79. The van der Waals surface area contributed by atoms with Crippen molar-refractivity contribution >= 4 is 5.82 Å². The van der Waals surface area contributed by atoms with Crippen molar-refractivity contribution in [1.29, 1.82) is 0 Å². The highest BCUT2D eigenvalue weighted by molar-refractivity contribution is 5.69. The smallest absolute Gasteiger partial charge is 0.150 e. The number of hydrogen-bond acceptors (Lipinski definition) is 3. The van der Waals surface area contributed by atoms with Gasteiger partial charge in [0.2, 0.25) is 0 Å². The molecule has 2 rings (SSSR count). The van der Waals surface area contributed by atoms with E-state index < -0.39 is 0 Å². The number of nitrogens with zero attached hydrogens (tertiary/aromatic N) is 2. The minimum absolute atomic E-state index is 0.476. The molecule has 15 heavy (non-hydrogen) atoms. The van der Waals surface area contributed by atoms with E-state index in [-0.39, 0.29) is 0 Å². The molecule has 1 heterocycles. The second-order valence-electron chi connectivity index (χ2n) is 3.61. The van der Waals surface area contributed by atoms with Crippen LogP contribution in [0.4, 0.5) is 5.82 Å². The van der Waals surface area contributed by atoms with E-state index >= 15 is 0 Å². The first-order valence-corrected chi connectivity index (χ1v) is 4.83. The van der Waals surface area contributed by atoms with Gasteiger partial charge in [0, 0.05) is 5.56 Å². The number of benzene rings is 1. The largest absolute Gasteiger partial charge is 0.382 e. The fourth-order valence-electron chi connectivity index (χ4n) is 1.41. The van der Waals surface area contributed by atoms with Crippen LogP contribution in [0, 0.1) is 13.8 Å². The number of hydrogen-bond donors (Lipinski definition) is 1. The summed E-state index contributed by atoms with van der Waals surface area (Å²) in [6, 6.07) is 8.10. The summed E-state index contributed by atoms with van der Waals surface area (Å²) in [5.41, 5.74) is 9.65. The van der Waals surface area contributed by atoms with E-state index in [2.05, 4.69) is 16.9 Å². The van der Waals surface area contributed by atoms with Gasteiger partial charge >= 0.3 is 0 Å². The molecule has 0 aliphatic carbocycles. The molecule has 0 aliphatic heterocycles. The zero-order chi connectivity index (χ0) is 10.8. The van der Waals surface area contributed by atoms with Crippen molar-refractivity contribution in [3.63, 3.8) is 0 Å². The first kappa shape index (κ1) is 9.65. The Labute approximate surface area is 89.0 Å². The first-order valence-electron chi connectivity index (χ1n) is 4.83. The van der Waals surface area contributed by atoms with Crippen LogP contribution in [0.15, 0.2) is 30.5 Å². The van der Waals surface area contributed by atoms with Gasteiger partial charge in [-0.2, -0.15) is 0 Å². The summed E-state index contributed by atoms with van der Waals surface area (Å²) in [6.07, 6.45) is 1.67. The SMILES string of the molecule is Cc1ccc(-c2nc(C)cnc2N)cc1. The van der Waals surface area contributed by atoms with Gasteiger partial charge in [-0.25, -0.2) is 9.97 Å². The number of nitrogen functional groups attached to an aromatic ring is 1. The third kappa shape index (κ3) is 1.96. The lowest BCUT2D eigenvalue weighted by atomic mass is 10.1. The normalized spacial score (nSPS) is 10.3. The molecule has 0 aliphatic rings. The molecule has 0 spiro atoms. The minimum Gasteiger partial charge on any atom is -0.382 e. The molecule has 0 saturated carbocycles. The monoisotopic (exact) mass is 199 g/mol. The Bertz CT molecular complexity index is 475. The zero-order valence-electron chi connectivity index (χ0n) is 8.86. The van der Waals surface area contributed by atoms with Gasteiger partial charge in [0.15, 0.2) is 0 Å². The zero-order valence-corrected chi connectivity index (χ0v) is 8.86. The minimum atomic E-state index is 0.476. The summed E-state index contributed by atoms with van der Waals surface area (Å²) >= 11 is 0. The van der Waals surface area contributed by atoms with Crippen molar-refractivity contribution in [1.82, 2.24) is 9.97 Å². The lowest BCUT2D eigenvalue weighted by Gasteiger charge is -2.05. The Morgan fingerprint density at radius 3 is 2.40 bits per heavy atom. The molecule has 1 aromatic heterocycles. The van der Waals surface area contributed by atoms with Gasteiger partial charge in [-0.05, 0) is 13.8 Å². The van der Waals surface area contributed by atoms with Crippen molar-refractivity contribution in [2.24, 2.45) is 0 Å². The fourth-order valence-corrected chi connectivity index (χ4v) is 1.41. The van der Waals surface area contributed by atoms with Gasteiger partial charge in [0.05, 0.1) is 11.9 Å². The molecule has 3 nitrogen and oxygen atoms in total. The predicted molar refractivity (Wildman–Crippen MR) is 61.4 cm³/mol. The van der Waals surface area contributed by atoms with Crippen molar-refractivity contribution in [3.8, 4) is 11.3 Å². The van der Waals surface area contributed by atoms with E-state index in [0.29, 0.717) is 5.82 Å². The van der Waals surface area contributed by atoms with Crippen LogP contribution in [0.3, 0.4) is 0 Å². The molecule has 0 fully saturated rings. The average molecular weight is 199 g/mol. The Balaban J connectivity index is 2.53.